The Labute approximate surface area is 267 Å². The first kappa shape index (κ1) is 26.2. The summed E-state index contributed by atoms with van der Waals surface area (Å²) >= 11 is 1.86. The maximum absolute atomic E-state index is 2.41. The van der Waals surface area contributed by atoms with E-state index >= 15 is 0 Å². The summed E-state index contributed by atoms with van der Waals surface area (Å²) in [6.07, 6.45) is 0. The Bertz CT molecular complexity index is 2410. The van der Waals surface area contributed by atoms with Gasteiger partial charge in [-0.05, 0) is 81.2 Å². The van der Waals surface area contributed by atoms with E-state index in [0.29, 0.717) is 0 Å². The van der Waals surface area contributed by atoms with Crippen molar-refractivity contribution in [2.45, 2.75) is 19.3 Å². The lowest BCUT2D eigenvalue weighted by atomic mass is 9.82. The van der Waals surface area contributed by atoms with Gasteiger partial charge in [0.15, 0.2) is 0 Å². The summed E-state index contributed by atoms with van der Waals surface area (Å²) in [5.41, 5.74) is 11.5. The molecule has 1 heterocycles. The van der Waals surface area contributed by atoms with Crippen molar-refractivity contribution in [3.63, 3.8) is 0 Å². The van der Waals surface area contributed by atoms with Gasteiger partial charge >= 0.3 is 0 Å². The summed E-state index contributed by atoms with van der Waals surface area (Å²) in [5, 5.41) is 5.11. The molecule has 0 radical (unpaired) electrons. The van der Waals surface area contributed by atoms with Gasteiger partial charge in [-0.15, -0.1) is 11.3 Å². The molecule has 1 aromatic heterocycles. The van der Waals surface area contributed by atoms with Gasteiger partial charge in [0.2, 0.25) is 0 Å². The van der Waals surface area contributed by atoms with E-state index in [-0.39, 0.29) is 5.41 Å². The average molecular weight is 594 g/mol. The number of hydrogen-bond donors (Lipinski definition) is 0. The van der Waals surface area contributed by atoms with Crippen molar-refractivity contribution in [2.75, 3.05) is 4.90 Å². The highest BCUT2D eigenvalue weighted by Gasteiger charge is 2.35. The van der Waals surface area contributed by atoms with Crippen molar-refractivity contribution in [2.24, 2.45) is 0 Å². The maximum Gasteiger partial charge on any atom is 0.0540 e. The topological polar surface area (TPSA) is 3.24 Å². The first-order valence-corrected chi connectivity index (χ1v) is 16.4. The van der Waals surface area contributed by atoms with E-state index in [9.17, 15) is 0 Å². The van der Waals surface area contributed by atoms with E-state index in [1.165, 1.54) is 70.0 Å². The molecule has 1 aliphatic carbocycles. The molecule has 0 atom stereocenters. The van der Waals surface area contributed by atoms with Gasteiger partial charge in [0.05, 0.1) is 5.69 Å². The Kier molecular flexibility index (Phi) is 5.78. The van der Waals surface area contributed by atoms with Crippen LogP contribution in [0.4, 0.5) is 17.1 Å². The van der Waals surface area contributed by atoms with Gasteiger partial charge < -0.3 is 4.90 Å². The molecule has 0 aliphatic heterocycles. The van der Waals surface area contributed by atoms with Crippen LogP contribution in [0.1, 0.15) is 25.0 Å². The highest BCUT2D eigenvalue weighted by molar-refractivity contribution is 7.25. The molecule has 214 valence electrons. The molecule has 9 rings (SSSR count). The van der Waals surface area contributed by atoms with Gasteiger partial charge in [-0.2, -0.15) is 0 Å². The molecular weight excluding hydrogens is 563 g/mol. The molecule has 0 amide bonds. The Balaban J connectivity index is 1.18. The van der Waals surface area contributed by atoms with E-state index in [1.807, 2.05) is 11.3 Å². The Morgan fingerprint density at radius 3 is 2.02 bits per heavy atom. The van der Waals surface area contributed by atoms with Crippen molar-refractivity contribution in [1.82, 2.24) is 0 Å². The zero-order valence-corrected chi connectivity index (χ0v) is 26.1. The summed E-state index contributed by atoms with van der Waals surface area (Å²) < 4.78 is 2.63. The molecule has 2 heteroatoms. The molecule has 45 heavy (non-hydrogen) atoms. The average Bonchev–Trinajstić information content (AvgIpc) is 3.57. The standard InChI is InChI=1S/C43H31NS/c1-43(2)38-15-7-5-13-34(38)37-26-30(20-25-39(37)43)28-18-21-31(22-19-28)44(40-16-9-11-29-10-3-4-12-33(29)40)32-23-24-36-35-14-6-8-17-41(35)45-42(36)27-32/h3-27H,1-2H3. The second-order valence-corrected chi connectivity index (χ2v) is 13.7. The van der Waals surface area contributed by atoms with Crippen LogP contribution in [0.25, 0.3) is 53.2 Å². The normalized spacial score (nSPS) is 13.3. The number of thiophene rings is 1. The fourth-order valence-electron chi connectivity index (χ4n) is 7.39. The molecule has 0 saturated heterocycles. The lowest BCUT2D eigenvalue weighted by Crippen LogP contribution is -2.14. The highest BCUT2D eigenvalue weighted by atomic mass is 32.1. The third-order valence-electron chi connectivity index (χ3n) is 9.67. The van der Waals surface area contributed by atoms with E-state index in [4.69, 9.17) is 0 Å². The van der Waals surface area contributed by atoms with Crippen molar-refractivity contribution in [1.29, 1.82) is 0 Å². The van der Waals surface area contributed by atoms with Gasteiger partial charge in [-0.25, -0.2) is 0 Å². The first-order chi connectivity index (χ1) is 22.1. The minimum absolute atomic E-state index is 0.0167. The number of benzene rings is 7. The third kappa shape index (κ3) is 4.06. The molecule has 7 aromatic carbocycles. The summed E-state index contributed by atoms with van der Waals surface area (Å²) in [4.78, 5) is 2.41. The summed E-state index contributed by atoms with van der Waals surface area (Å²) in [5.74, 6) is 0. The quantitative estimate of drug-likeness (QED) is 0.196. The molecular formula is C43H31NS. The van der Waals surface area contributed by atoms with Crippen molar-refractivity contribution in [3.05, 3.63) is 163 Å². The first-order valence-electron chi connectivity index (χ1n) is 15.6. The second kappa shape index (κ2) is 9.92. The zero-order chi connectivity index (χ0) is 30.1. The Morgan fingerprint density at radius 1 is 0.467 bits per heavy atom. The van der Waals surface area contributed by atoms with Crippen molar-refractivity contribution < 1.29 is 0 Å². The minimum atomic E-state index is 0.0167. The van der Waals surface area contributed by atoms with Crippen LogP contribution in [0, 0.1) is 0 Å². The van der Waals surface area contributed by atoms with Crippen LogP contribution in [0.5, 0.6) is 0 Å². The van der Waals surface area contributed by atoms with Crippen LogP contribution >= 0.6 is 11.3 Å². The highest BCUT2D eigenvalue weighted by Crippen LogP contribution is 2.50. The van der Waals surface area contributed by atoms with E-state index < -0.39 is 0 Å². The lowest BCUT2D eigenvalue weighted by molar-refractivity contribution is 0.660. The van der Waals surface area contributed by atoms with Gasteiger partial charge in [0.25, 0.3) is 0 Å². The molecule has 0 spiro atoms. The molecule has 0 fully saturated rings. The molecule has 8 aromatic rings. The van der Waals surface area contributed by atoms with E-state index in [1.54, 1.807) is 0 Å². The molecule has 0 N–H and O–H groups in total. The maximum atomic E-state index is 2.41. The zero-order valence-electron chi connectivity index (χ0n) is 25.3. The number of fused-ring (bicyclic) bond motifs is 7. The van der Waals surface area contributed by atoms with Crippen LogP contribution in [0.15, 0.2) is 152 Å². The molecule has 0 bridgehead atoms. The Morgan fingerprint density at radius 2 is 1.13 bits per heavy atom. The van der Waals surface area contributed by atoms with Crippen molar-refractivity contribution in [3.8, 4) is 22.3 Å². The second-order valence-electron chi connectivity index (χ2n) is 12.6. The van der Waals surface area contributed by atoms with Crippen LogP contribution in [0.2, 0.25) is 0 Å². The number of anilines is 3. The monoisotopic (exact) mass is 593 g/mol. The van der Waals surface area contributed by atoms with E-state index in [2.05, 4.69) is 170 Å². The fraction of sp³-hybridized carbons (Fsp3) is 0.0698. The minimum Gasteiger partial charge on any atom is -0.310 e. The lowest BCUT2D eigenvalue weighted by Gasteiger charge is -2.27. The van der Waals surface area contributed by atoms with E-state index in [0.717, 1.165) is 11.4 Å². The number of rotatable bonds is 4. The molecule has 0 saturated carbocycles. The third-order valence-corrected chi connectivity index (χ3v) is 10.8. The van der Waals surface area contributed by atoms with Gasteiger partial charge in [-0.1, -0.05) is 123 Å². The van der Waals surface area contributed by atoms with Crippen LogP contribution in [-0.4, -0.2) is 0 Å². The predicted octanol–water partition coefficient (Wildman–Crippen LogP) is 12.7. The number of nitrogens with zero attached hydrogens (tertiary/aromatic N) is 1. The summed E-state index contributed by atoms with van der Waals surface area (Å²) in [7, 11) is 0. The van der Waals surface area contributed by atoms with Gasteiger partial charge in [-0.3, -0.25) is 0 Å². The summed E-state index contributed by atoms with van der Waals surface area (Å²) in [6.45, 7) is 4.67. The van der Waals surface area contributed by atoms with Crippen LogP contribution < -0.4 is 4.90 Å². The molecule has 1 aliphatic rings. The smallest absolute Gasteiger partial charge is 0.0540 e. The van der Waals surface area contributed by atoms with Gasteiger partial charge in [0, 0.05) is 42.3 Å². The largest absolute Gasteiger partial charge is 0.310 e. The summed E-state index contributed by atoms with van der Waals surface area (Å²) in [6, 6.07) is 55.9. The SMILES string of the molecule is CC1(C)c2ccccc2-c2cc(-c3ccc(N(c4ccc5c(c4)sc4ccccc45)c4cccc5ccccc45)cc3)ccc21. The molecule has 1 nitrogen and oxygen atoms in total. The fourth-order valence-corrected chi connectivity index (χ4v) is 8.53. The van der Waals surface area contributed by atoms with Gasteiger partial charge in [0.1, 0.15) is 0 Å². The molecule has 0 unspecified atom stereocenters. The van der Waals surface area contributed by atoms with Crippen LogP contribution in [0.3, 0.4) is 0 Å². The van der Waals surface area contributed by atoms with Crippen molar-refractivity contribution >= 4 is 59.3 Å². The Hall–Kier alpha value is -5.18. The van der Waals surface area contributed by atoms with Crippen LogP contribution in [-0.2, 0) is 5.41 Å². The predicted molar refractivity (Wildman–Crippen MR) is 195 cm³/mol. The number of hydrogen-bond acceptors (Lipinski definition) is 2.